The lowest BCUT2D eigenvalue weighted by molar-refractivity contribution is 0.482. The van der Waals surface area contributed by atoms with Crippen LogP contribution in [0.15, 0.2) is 97.1 Å². The van der Waals surface area contributed by atoms with E-state index < -0.39 is 0 Å². The molecule has 4 aromatic rings. The van der Waals surface area contributed by atoms with E-state index >= 15 is 0 Å². The molecule has 0 heterocycles. The van der Waals surface area contributed by atoms with E-state index in [0.717, 1.165) is 34.4 Å². The van der Waals surface area contributed by atoms with Crippen molar-refractivity contribution in [1.29, 1.82) is 0 Å². The molecule has 0 aliphatic rings. The number of ether oxygens (including phenoxy) is 2. The molecule has 0 spiro atoms. The monoisotopic (exact) mass is 400 g/mol. The summed E-state index contributed by atoms with van der Waals surface area (Å²) in [4.78, 5) is 0. The first-order chi connectivity index (χ1) is 14.1. The molecule has 144 valence electrons. The first-order valence-electron chi connectivity index (χ1n) is 9.18. The number of hydrogen-bond donors (Lipinski definition) is 2. The van der Waals surface area contributed by atoms with Crippen LogP contribution in [0.3, 0.4) is 0 Å². The average Bonchev–Trinajstić information content (AvgIpc) is 2.74. The number of benzene rings is 4. The van der Waals surface area contributed by atoms with Crippen molar-refractivity contribution in [2.24, 2.45) is 0 Å². The fourth-order valence-electron chi connectivity index (χ4n) is 2.72. The van der Waals surface area contributed by atoms with E-state index in [1.807, 2.05) is 72.8 Å². The highest BCUT2D eigenvalue weighted by Crippen LogP contribution is 2.24. The third-order valence-electron chi connectivity index (χ3n) is 4.23. The second-order valence-corrected chi connectivity index (χ2v) is 7.92. The molecular weight excluding hydrogens is 379 g/mol. The van der Waals surface area contributed by atoms with Crippen molar-refractivity contribution in [3.63, 3.8) is 0 Å². The van der Waals surface area contributed by atoms with Gasteiger partial charge in [-0.15, -0.1) is 0 Å². The van der Waals surface area contributed by atoms with Gasteiger partial charge in [0.2, 0.25) is 0 Å². The topological polar surface area (TPSA) is 70.5 Å². The molecule has 4 rings (SSSR count). The summed E-state index contributed by atoms with van der Waals surface area (Å²) in [6.07, 6.45) is 0. The Morgan fingerprint density at radius 2 is 0.690 bits per heavy atom. The largest absolute Gasteiger partial charge is 0.457 e. The Hall–Kier alpha value is -3.49. The zero-order valence-corrected chi connectivity index (χ0v) is 16.7. The van der Waals surface area contributed by atoms with Crippen LogP contribution in [0.1, 0.15) is 0 Å². The van der Waals surface area contributed by atoms with Gasteiger partial charge in [-0.1, -0.05) is 32.8 Å². The van der Waals surface area contributed by atoms with Crippen molar-refractivity contribution < 1.29 is 9.47 Å². The molecule has 4 N–H and O–H groups in total. The van der Waals surface area contributed by atoms with Gasteiger partial charge in [-0.05, 0) is 83.4 Å². The molecule has 0 radical (unpaired) electrons. The lowest BCUT2D eigenvalue weighted by Gasteiger charge is -2.09. The summed E-state index contributed by atoms with van der Waals surface area (Å²) in [6.45, 7) is 0. The molecule has 0 fully saturated rings. The molecule has 0 atom stereocenters. The summed E-state index contributed by atoms with van der Waals surface area (Å²) < 4.78 is 11.7. The highest BCUT2D eigenvalue weighted by molar-refractivity contribution is 7.55. The highest BCUT2D eigenvalue weighted by atomic mass is 31.1. The third-order valence-corrected chi connectivity index (χ3v) is 5.47. The molecule has 0 aliphatic heterocycles. The molecule has 0 aromatic heterocycles. The molecule has 0 saturated heterocycles. The first kappa shape index (κ1) is 18.9. The van der Waals surface area contributed by atoms with E-state index in [2.05, 4.69) is 24.3 Å². The van der Waals surface area contributed by atoms with Gasteiger partial charge in [0, 0.05) is 11.4 Å². The standard InChI is InChI=1S/C24H21N2O2P/c25-17-1-5-19(6-2-17)27-21-9-13-23(14-10-21)29-24-15-11-22(12-16-24)28-20-7-3-18(26)4-8-20/h1-16,29H,25-26H2. The Labute approximate surface area is 171 Å². The van der Waals surface area contributed by atoms with Crippen molar-refractivity contribution in [2.75, 3.05) is 11.5 Å². The predicted octanol–water partition coefficient (Wildman–Crippen LogP) is 5.06. The van der Waals surface area contributed by atoms with Crippen LogP contribution in [-0.2, 0) is 0 Å². The van der Waals surface area contributed by atoms with Crippen LogP contribution in [0, 0.1) is 0 Å². The van der Waals surface area contributed by atoms with Crippen molar-refractivity contribution in [3.8, 4) is 23.0 Å². The molecule has 0 amide bonds. The normalized spacial score (nSPS) is 10.5. The molecule has 4 nitrogen and oxygen atoms in total. The number of hydrogen-bond acceptors (Lipinski definition) is 4. The minimum atomic E-state index is 0.558. The van der Waals surface area contributed by atoms with Crippen molar-refractivity contribution >= 4 is 30.6 Å². The number of anilines is 2. The lowest BCUT2D eigenvalue weighted by atomic mass is 10.3. The van der Waals surface area contributed by atoms with Gasteiger partial charge < -0.3 is 20.9 Å². The van der Waals surface area contributed by atoms with Gasteiger partial charge in [0.25, 0.3) is 0 Å². The fraction of sp³-hybridized carbons (Fsp3) is 0. The molecule has 0 unspecified atom stereocenters. The van der Waals surface area contributed by atoms with Gasteiger partial charge >= 0.3 is 0 Å². The number of nitrogen functional groups attached to an aromatic ring is 2. The minimum Gasteiger partial charge on any atom is -0.457 e. The van der Waals surface area contributed by atoms with Crippen LogP contribution in [-0.4, -0.2) is 0 Å². The van der Waals surface area contributed by atoms with Crippen LogP contribution in [0.2, 0.25) is 0 Å². The van der Waals surface area contributed by atoms with E-state index in [1.54, 1.807) is 0 Å². The number of rotatable bonds is 6. The van der Waals surface area contributed by atoms with E-state index in [4.69, 9.17) is 20.9 Å². The van der Waals surface area contributed by atoms with Crippen LogP contribution in [0.4, 0.5) is 11.4 Å². The molecule has 0 bridgehead atoms. The first-order valence-corrected chi connectivity index (χ1v) is 10.2. The van der Waals surface area contributed by atoms with Gasteiger partial charge in [0.15, 0.2) is 0 Å². The summed E-state index contributed by atoms with van der Waals surface area (Å²) in [6, 6.07) is 31.0. The van der Waals surface area contributed by atoms with Crippen molar-refractivity contribution in [3.05, 3.63) is 97.1 Å². The maximum Gasteiger partial charge on any atom is 0.127 e. The van der Waals surface area contributed by atoms with Crippen molar-refractivity contribution in [2.45, 2.75) is 0 Å². The van der Waals surface area contributed by atoms with Gasteiger partial charge in [-0.3, -0.25) is 0 Å². The summed E-state index contributed by atoms with van der Waals surface area (Å²) in [5, 5.41) is 2.48. The van der Waals surface area contributed by atoms with Crippen LogP contribution < -0.4 is 31.6 Å². The van der Waals surface area contributed by atoms with E-state index in [1.165, 1.54) is 10.6 Å². The van der Waals surface area contributed by atoms with Crippen LogP contribution in [0.5, 0.6) is 23.0 Å². The Balaban J connectivity index is 1.36. The smallest absolute Gasteiger partial charge is 0.127 e. The van der Waals surface area contributed by atoms with Gasteiger partial charge in [-0.25, -0.2) is 0 Å². The Morgan fingerprint density at radius 1 is 0.414 bits per heavy atom. The third kappa shape index (κ3) is 5.28. The minimum absolute atomic E-state index is 0.558. The quantitative estimate of drug-likeness (QED) is 0.350. The lowest BCUT2D eigenvalue weighted by Crippen LogP contribution is -2.02. The molecule has 0 saturated carbocycles. The number of nitrogens with two attached hydrogens (primary N) is 2. The second kappa shape index (κ2) is 8.68. The Kier molecular flexibility index (Phi) is 5.64. The highest BCUT2D eigenvalue weighted by Gasteiger charge is 2.02. The zero-order chi connectivity index (χ0) is 20.1. The SMILES string of the molecule is Nc1ccc(Oc2ccc(Pc3ccc(Oc4ccc(N)cc4)cc3)cc2)cc1. The predicted molar refractivity (Wildman–Crippen MR) is 122 cm³/mol. The van der Waals surface area contributed by atoms with Crippen LogP contribution in [0.25, 0.3) is 0 Å². The van der Waals surface area contributed by atoms with Crippen molar-refractivity contribution in [1.82, 2.24) is 0 Å². The van der Waals surface area contributed by atoms with E-state index in [9.17, 15) is 0 Å². The molecule has 5 heteroatoms. The Morgan fingerprint density at radius 3 is 1.00 bits per heavy atom. The summed E-state index contributed by atoms with van der Waals surface area (Å²) >= 11 is 0. The van der Waals surface area contributed by atoms with Gasteiger partial charge in [-0.2, -0.15) is 0 Å². The zero-order valence-electron chi connectivity index (χ0n) is 15.7. The summed E-state index contributed by atoms with van der Waals surface area (Å²) in [5.74, 6) is 3.14. The summed E-state index contributed by atoms with van der Waals surface area (Å²) in [5.41, 5.74) is 12.8. The maximum absolute atomic E-state index is 5.84. The van der Waals surface area contributed by atoms with Crippen LogP contribution >= 0.6 is 8.58 Å². The van der Waals surface area contributed by atoms with E-state index in [-0.39, 0.29) is 0 Å². The summed E-state index contributed by atoms with van der Waals surface area (Å²) in [7, 11) is 0.558. The average molecular weight is 400 g/mol. The molecule has 29 heavy (non-hydrogen) atoms. The van der Waals surface area contributed by atoms with Gasteiger partial charge in [0.1, 0.15) is 23.0 Å². The fourth-order valence-corrected chi connectivity index (χ4v) is 3.72. The Bertz CT molecular complexity index is 973. The molecular formula is C24H21N2O2P. The second-order valence-electron chi connectivity index (χ2n) is 6.52. The molecule has 0 aliphatic carbocycles. The van der Waals surface area contributed by atoms with Gasteiger partial charge in [0.05, 0.1) is 0 Å². The van der Waals surface area contributed by atoms with E-state index in [0.29, 0.717) is 8.58 Å². The maximum atomic E-state index is 5.84. The molecule has 4 aromatic carbocycles.